The lowest BCUT2D eigenvalue weighted by Gasteiger charge is -2.28. The summed E-state index contributed by atoms with van der Waals surface area (Å²) in [5.74, 6) is 0. The molecule has 8 rings (SSSR count). The average Bonchev–Trinajstić information content (AvgIpc) is 3.16. The van der Waals surface area contributed by atoms with Crippen molar-refractivity contribution in [2.75, 3.05) is 0 Å². The number of rotatable bonds is 9. The molecule has 2 unspecified atom stereocenters. The van der Waals surface area contributed by atoms with E-state index in [1.54, 1.807) is 0 Å². The minimum atomic E-state index is -0.370. The summed E-state index contributed by atoms with van der Waals surface area (Å²) in [5.41, 5.74) is 15.1. The smallest absolute Gasteiger partial charge is 0.0858 e. The van der Waals surface area contributed by atoms with E-state index in [0.717, 1.165) is 11.1 Å². The Kier molecular flexibility index (Phi) is 8.24. The highest BCUT2D eigenvalue weighted by molar-refractivity contribution is 6.20. The fraction of sp³-hybridized carbons (Fsp3) is 0.0667. The van der Waals surface area contributed by atoms with Crippen molar-refractivity contribution in [1.82, 2.24) is 10.6 Å². The van der Waals surface area contributed by atoms with Gasteiger partial charge < -0.3 is 5.73 Å². The first-order valence-electron chi connectivity index (χ1n) is 16.6. The van der Waals surface area contributed by atoms with Crippen molar-refractivity contribution in [2.24, 2.45) is 5.73 Å². The van der Waals surface area contributed by atoms with Crippen LogP contribution in [0.5, 0.6) is 0 Å². The van der Waals surface area contributed by atoms with Crippen molar-refractivity contribution in [3.05, 3.63) is 193 Å². The number of nitrogens with two attached hydrogens (primary N) is 1. The molecule has 0 radical (unpaired) electrons. The maximum absolute atomic E-state index is 6.87. The van der Waals surface area contributed by atoms with E-state index in [1.807, 2.05) is 18.2 Å². The Morgan fingerprint density at radius 2 is 1.10 bits per heavy atom. The number of nitrogens with one attached hydrogen (secondary N) is 2. The van der Waals surface area contributed by atoms with Crippen LogP contribution in [-0.4, -0.2) is 0 Å². The maximum Gasteiger partial charge on any atom is 0.0858 e. The fourth-order valence-electron chi connectivity index (χ4n) is 6.95. The summed E-state index contributed by atoms with van der Waals surface area (Å²) in [6.45, 7) is 0.670. The molecule has 0 aliphatic carbocycles. The van der Waals surface area contributed by atoms with Gasteiger partial charge in [-0.25, -0.2) is 0 Å². The van der Waals surface area contributed by atoms with E-state index >= 15 is 0 Å². The molecule has 0 aliphatic heterocycles. The molecule has 0 amide bonds. The Bertz CT molecular complexity index is 2330. The lowest BCUT2D eigenvalue weighted by Crippen LogP contribution is -2.40. The van der Waals surface area contributed by atoms with Crippen LogP contribution in [-0.2, 0) is 6.54 Å². The maximum atomic E-state index is 6.87. The molecule has 0 saturated carbocycles. The second kappa shape index (κ2) is 13.3. The Balaban J connectivity index is 1.23. The van der Waals surface area contributed by atoms with E-state index in [2.05, 4.69) is 168 Å². The van der Waals surface area contributed by atoms with E-state index in [-0.39, 0.29) is 12.3 Å². The quantitative estimate of drug-likeness (QED) is 0.0856. The summed E-state index contributed by atoms with van der Waals surface area (Å²) in [6, 6.07) is 62.6. The molecule has 4 N–H and O–H groups in total. The van der Waals surface area contributed by atoms with Crippen molar-refractivity contribution >= 4 is 32.3 Å². The number of fused-ring (bicyclic) bond motifs is 4. The summed E-state index contributed by atoms with van der Waals surface area (Å²) < 4.78 is 0. The number of benzene rings is 8. The minimum Gasteiger partial charge on any atom is -0.312 e. The van der Waals surface area contributed by atoms with Crippen LogP contribution >= 0.6 is 0 Å². The van der Waals surface area contributed by atoms with Crippen LogP contribution in [0, 0.1) is 0 Å². The third-order valence-corrected chi connectivity index (χ3v) is 9.39. The lowest BCUT2D eigenvalue weighted by atomic mass is 9.87. The highest BCUT2D eigenvalue weighted by Gasteiger charge is 2.22. The molecule has 0 aliphatic rings. The number of hydrogen-bond donors (Lipinski definition) is 3. The lowest BCUT2D eigenvalue weighted by molar-refractivity contribution is 0.386. The molecular formula is C45H37N3. The van der Waals surface area contributed by atoms with Gasteiger partial charge in [-0.3, -0.25) is 10.6 Å². The van der Waals surface area contributed by atoms with Gasteiger partial charge in [-0.15, -0.1) is 0 Å². The Morgan fingerprint density at radius 3 is 1.90 bits per heavy atom. The molecule has 0 bridgehead atoms. The van der Waals surface area contributed by atoms with Crippen molar-refractivity contribution in [3.8, 4) is 22.3 Å². The molecule has 3 nitrogen and oxygen atoms in total. The van der Waals surface area contributed by atoms with Gasteiger partial charge in [0.2, 0.25) is 0 Å². The molecule has 0 fully saturated rings. The third-order valence-electron chi connectivity index (χ3n) is 9.39. The Morgan fingerprint density at radius 1 is 0.479 bits per heavy atom. The van der Waals surface area contributed by atoms with E-state index in [9.17, 15) is 0 Å². The van der Waals surface area contributed by atoms with Gasteiger partial charge in [0.1, 0.15) is 0 Å². The van der Waals surface area contributed by atoms with E-state index in [1.165, 1.54) is 60.1 Å². The first-order chi connectivity index (χ1) is 23.7. The SMILES string of the molecule is NC(NC(NCc1ccc(-c2ccccc2)cc1)c1ccccc1-c1c2ccccc2cc2c1ccc1ccccc12)c1ccccc1. The largest absolute Gasteiger partial charge is 0.312 e. The molecule has 0 aromatic heterocycles. The summed E-state index contributed by atoms with van der Waals surface area (Å²) >= 11 is 0. The predicted octanol–water partition coefficient (Wildman–Crippen LogP) is 10.5. The monoisotopic (exact) mass is 619 g/mol. The van der Waals surface area contributed by atoms with E-state index in [0.29, 0.717) is 6.54 Å². The second-order valence-electron chi connectivity index (χ2n) is 12.4. The summed E-state index contributed by atoms with van der Waals surface area (Å²) in [4.78, 5) is 0. The van der Waals surface area contributed by atoms with Crippen LogP contribution in [0.1, 0.15) is 29.0 Å². The standard InChI is InChI=1S/C45H37N3/c46-44(35-16-5-2-6-17-35)48-45(47-30-31-23-25-33(26-24-31)32-13-3-1-4-14-32)41-22-12-11-21-39(41)43-38-20-10-8-18-36(38)29-42-37-19-9-7-15-34(37)27-28-40(42)43/h1-29,44-45,47-48H,30,46H2. The van der Waals surface area contributed by atoms with Crippen LogP contribution in [0.3, 0.4) is 0 Å². The van der Waals surface area contributed by atoms with Gasteiger partial charge in [-0.2, -0.15) is 0 Å². The van der Waals surface area contributed by atoms with Crippen molar-refractivity contribution in [3.63, 3.8) is 0 Å². The first kappa shape index (κ1) is 29.8. The average molecular weight is 620 g/mol. The van der Waals surface area contributed by atoms with Crippen LogP contribution in [0.4, 0.5) is 0 Å². The van der Waals surface area contributed by atoms with E-state index < -0.39 is 0 Å². The van der Waals surface area contributed by atoms with Crippen LogP contribution in [0.2, 0.25) is 0 Å². The van der Waals surface area contributed by atoms with Gasteiger partial charge in [-0.05, 0) is 77.3 Å². The molecule has 48 heavy (non-hydrogen) atoms. The minimum absolute atomic E-state index is 0.236. The predicted molar refractivity (Wildman–Crippen MR) is 202 cm³/mol. The van der Waals surface area contributed by atoms with Crippen LogP contribution in [0.15, 0.2) is 176 Å². The van der Waals surface area contributed by atoms with Gasteiger partial charge >= 0.3 is 0 Å². The highest BCUT2D eigenvalue weighted by Crippen LogP contribution is 2.41. The van der Waals surface area contributed by atoms with E-state index in [4.69, 9.17) is 5.73 Å². The van der Waals surface area contributed by atoms with Gasteiger partial charge in [-0.1, -0.05) is 170 Å². The highest BCUT2D eigenvalue weighted by atomic mass is 15.2. The zero-order chi connectivity index (χ0) is 32.3. The molecule has 8 aromatic rings. The first-order valence-corrected chi connectivity index (χ1v) is 16.6. The second-order valence-corrected chi connectivity index (χ2v) is 12.4. The molecule has 0 spiro atoms. The van der Waals surface area contributed by atoms with Gasteiger partial charge in [0.15, 0.2) is 0 Å². The molecular weight excluding hydrogens is 583 g/mol. The van der Waals surface area contributed by atoms with Crippen molar-refractivity contribution in [1.29, 1.82) is 0 Å². The van der Waals surface area contributed by atoms with Gasteiger partial charge in [0.25, 0.3) is 0 Å². The van der Waals surface area contributed by atoms with Crippen molar-refractivity contribution < 1.29 is 0 Å². The Labute approximate surface area is 281 Å². The molecule has 0 heterocycles. The van der Waals surface area contributed by atoms with Crippen LogP contribution < -0.4 is 16.4 Å². The van der Waals surface area contributed by atoms with Gasteiger partial charge in [0, 0.05) is 6.54 Å². The summed E-state index contributed by atoms with van der Waals surface area (Å²) in [5, 5.41) is 15.1. The topological polar surface area (TPSA) is 50.1 Å². The summed E-state index contributed by atoms with van der Waals surface area (Å²) in [6.07, 6.45) is -0.606. The normalized spacial score (nSPS) is 12.8. The third kappa shape index (κ3) is 5.87. The fourth-order valence-corrected chi connectivity index (χ4v) is 6.95. The van der Waals surface area contributed by atoms with Crippen LogP contribution in [0.25, 0.3) is 54.6 Å². The van der Waals surface area contributed by atoms with Gasteiger partial charge in [0.05, 0.1) is 12.3 Å². The zero-order valence-corrected chi connectivity index (χ0v) is 26.7. The molecule has 3 heteroatoms. The van der Waals surface area contributed by atoms with Crippen molar-refractivity contribution in [2.45, 2.75) is 18.9 Å². The molecule has 8 aromatic carbocycles. The molecule has 232 valence electrons. The molecule has 2 atom stereocenters. The number of hydrogen-bond acceptors (Lipinski definition) is 3. The molecule has 0 saturated heterocycles. The Hall–Kier alpha value is -5.58. The summed E-state index contributed by atoms with van der Waals surface area (Å²) in [7, 11) is 0. The zero-order valence-electron chi connectivity index (χ0n) is 26.7.